The SMILES string of the molecule is Cc1cc(I)cc(C)c1NC(=O)CSc1nnc([C@H](C)Oc2ccccc2Cl)n1C. The maximum absolute atomic E-state index is 12.5. The van der Waals surface area contributed by atoms with Crippen molar-refractivity contribution in [3.05, 3.63) is 61.9 Å². The van der Waals surface area contributed by atoms with Crippen LogP contribution in [0.25, 0.3) is 0 Å². The number of para-hydroxylation sites is 1. The summed E-state index contributed by atoms with van der Waals surface area (Å²) in [4.78, 5) is 12.5. The zero-order valence-corrected chi connectivity index (χ0v) is 20.8. The molecule has 0 saturated carbocycles. The summed E-state index contributed by atoms with van der Waals surface area (Å²) < 4.78 is 8.90. The summed E-state index contributed by atoms with van der Waals surface area (Å²) in [7, 11) is 1.86. The molecule has 1 N–H and O–H groups in total. The lowest BCUT2D eigenvalue weighted by molar-refractivity contribution is -0.113. The van der Waals surface area contributed by atoms with Gasteiger partial charge in [0.2, 0.25) is 5.91 Å². The molecule has 0 bridgehead atoms. The van der Waals surface area contributed by atoms with E-state index in [2.05, 4.69) is 38.1 Å². The molecule has 1 atom stereocenters. The predicted octanol–water partition coefficient (Wildman–Crippen LogP) is 5.56. The molecule has 0 spiro atoms. The smallest absolute Gasteiger partial charge is 0.234 e. The molecule has 0 saturated heterocycles. The third-order valence-electron chi connectivity index (χ3n) is 4.47. The van der Waals surface area contributed by atoms with Crippen molar-refractivity contribution in [3.63, 3.8) is 0 Å². The number of aromatic nitrogens is 3. The number of hydrogen-bond donors (Lipinski definition) is 1. The molecule has 1 aromatic heterocycles. The molecule has 3 aromatic rings. The van der Waals surface area contributed by atoms with E-state index in [1.165, 1.54) is 11.8 Å². The zero-order valence-electron chi connectivity index (χ0n) is 17.1. The van der Waals surface area contributed by atoms with Crippen molar-refractivity contribution in [1.29, 1.82) is 0 Å². The van der Waals surface area contributed by atoms with Crippen molar-refractivity contribution in [2.45, 2.75) is 32.0 Å². The number of anilines is 1. The molecule has 30 heavy (non-hydrogen) atoms. The summed E-state index contributed by atoms with van der Waals surface area (Å²) in [6.45, 7) is 5.87. The molecule has 0 aliphatic rings. The zero-order chi connectivity index (χ0) is 21.8. The molecule has 9 heteroatoms. The Morgan fingerprint density at radius 3 is 2.60 bits per heavy atom. The van der Waals surface area contributed by atoms with E-state index >= 15 is 0 Å². The first-order valence-electron chi connectivity index (χ1n) is 9.26. The van der Waals surface area contributed by atoms with Gasteiger partial charge in [-0.3, -0.25) is 4.79 Å². The van der Waals surface area contributed by atoms with Crippen LogP contribution in [0.4, 0.5) is 5.69 Å². The molecule has 0 fully saturated rings. The van der Waals surface area contributed by atoms with Gasteiger partial charge < -0.3 is 14.6 Å². The second-order valence-corrected chi connectivity index (χ2v) is 9.44. The predicted molar refractivity (Wildman–Crippen MR) is 129 cm³/mol. The summed E-state index contributed by atoms with van der Waals surface area (Å²) in [5.74, 6) is 1.39. The highest BCUT2D eigenvalue weighted by atomic mass is 127. The Bertz CT molecular complexity index is 1050. The summed E-state index contributed by atoms with van der Waals surface area (Å²) in [5, 5.41) is 12.6. The van der Waals surface area contributed by atoms with Crippen LogP contribution in [0.2, 0.25) is 5.02 Å². The number of rotatable bonds is 7. The second-order valence-electron chi connectivity index (χ2n) is 6.84. The van der Waals surface area contributed by atoms with Gasteiger partial charge in [-0.15, -0.1) is 10.2 Å². The monoisotopic (exact) mass is 556 g/mol. The Labute approximate surface area is 198 Å². The Morgan fingerprint density at radius 2 is 1.93 bits per heavy atom. The Kier molecular flexibility index (Phi) is 7.65. The number of halogens is 2. The Morgan fingerprint density at radius 1 is 1.27 bits per heavy atom. The molecular weight excluding hydrogens is 535 g/mol. The topological polar surface area (TPSA) is 69.0 Å². The largest absolute Gasteiger partial charge is 0.481 e. The number of aryl methyl sites for hydroxylation is 2. The van der Waals surface area contributed by atoms with Gasteiger partial charge in [-0.1, -0.05) is 35.5 Å². The Balaban J connectivity index is 1.62. The van der Waals surface area contributed by atoms with E-state index in [1.807, 2.05) is 62.7 Å². The third kappa shape index (κ3) is 5.47. The fourth-order valence-corrected chi connectivity index (χ4v) is 4.84. The maximum atomic E-state index is 12.5. The van der Waals surface area contributed by atoms with E-state index in [1.54, 1.807) is 6.07 Å². The minimum atomic E-state index is -0.345. The first kappa shape index (κ1) is 22.9. The van der Waals surface area contributed by atoms with Crippen LogP contribution in [0.3, 0.4) is 0 Å². The number of amides is 1. The average Bonchev–Trinajstić information content (AvgIpc) is 3.05. The van der Waals surface area contributed by atoms with Crippen molar-refractivity contribution >= 4 is 57.5 Å². The van der Waals surface area contributed by atoms with Crippen LogP contribution < -0.4 is 10.1 Å². The summed E-state index contributed by atoms with van der Waals surface area (Å²) in [6, 6.07) is 11.4. The van der Waals surface area contributed by atoms with Gasteiger partial charge in [-0.05, 0) is 78.8 Å². The number of carbonyl (C=O) groups excluding carboxylic acids is 1. The fraction of sp³-hybridized carbons (Fsp3) is 0.286. The lowest BCUT2D eigenvalue weighted by Crippen LogP contribution is -2.16. The number of nitrogens with zero attached hydrogens (tertiary/aromatic N) is 3. The quantitative estimate of drug-likeness (QED) is 0.305. The highest BCUT2D eigenvalue weighted by Crippen LogP contribution is 2.29. The molecule has 158 valence electrons. The highest BCUT2D eigenvalue weighted by Gasteiger charge is 2.19. The first-order chi connectivity index (χ1) is 14.3. The average molecular weight is 557 g/mol. The van der Waals surface area contributed by atoms with Crippen LogP contribution in [0, 0.1) is 17.4 Å². The summed E-state index contributed by atoms with van der Waals surface area (Å²) in [6.07, 6.45) is -0.345. The van der Waals surface area contributed by atoms with Crippen molar-refractivity contribution in [2.24, 2.45) is 7.05 Å². The van der Waals surface area contributed by atoms with Gasteiger partial charge in [0.05, 0.1) is 10.8 Å². The number of carbonyl (C=O) groups is 1. The third-order valence-corrected chi connectivity index (χ3v) is 6.42. The van der Waals surface area contributed by atoms with Gasteiger partial charge in [0.15, 0.2) is 17.1 Å². The van der Waals surface area contributed by atoms with E-state index < -0.39 is 0 Å². The van der Waals surface area contributed by atoms with Crippen LogP contribution >= 0.6 is 46.0 Å². The summed E-state index contributed by atoms with van der Waals surface area (Å²) >= 11 is 9.77. The molecule has 3 rings (SSSR count). The lowest BCUT2D eigenvalue weighted by Gasteiger charge is -2.15. The van der Waals surface area contributed by atoms with Gasteiger partial charge in [0, 0.05) is 16.3 Å². The number of thioether (sulfide) groups is 1. The Hall–Kier alpha value is -1.78. The first-order valence-corrected chi connectivity index (χ1v) is 11.7. The van der Waals surface area contributed by atoms with Gasteiger partial charge in [-0.25, -0.2) is 0 Å². The van der Waals surface area contributed by atoms with Crippen LogP contribution in [0.5, 0.6) is 5.75 Å². The lowest BCUT2D eigenvalue weighted by atomic mass is 10.1. The molecule has 1 amide bonds. The number of nitrogens with one attached hydrogen (secondary N) is 1. The van der Waals surface area contributed by atoms with E-state index in [-0.39, 0.29) is 17.8 Å². The molecular formula is C21H22ClIN4O2S. The fourth-order valence-electron chi connectivity index (χ4n) is 3.00. The number of ether oxygens (including phenoxy) is 1. The maximum Gasteiger partial charge on any atom is 0.234 e. The van der Waals surface area contributed by atoms with Gasteiger partial charge in [-0.2, -0.15) is 0 Å². The molecule has 6 nitrogen and oxygen atoms in total. The standard InChI is InChI=1S/C21H22ClIN4O2S/c1-12-9-15(23)10-13(2)19(12)24-18(28)11-30-21-26-25-20(27(21)4)14(3)29-17-8-6-5-7-16(17)22/h5-10,14H,11H2,1-4H3,(H,24,28)/t14-/m0/s1. The van der Waals surface area contributed by atoms with Gasteiger partial charge in [0.1, 0.15) is 5.75 Å². The second kappa shape index (κ2) is 10.0. The van der Waals surface area contributed by atoms with Gasteiger partial charge >= 0.3 is 0 Å². The molecule has 2 aromatic carbocycles. The minimum Gasteiger partial charge on any atom is -0.481 e. The van der Waals surface area contributed by atoms with E-state index in [4.69, 9.17) is 16.3 Å². The molecule has 0 unspecified atom stereocenters. The normalized spacial score (nSPS) is 11.9. The van der Waals surface area contributed by atoms with Crippen molar-refractivity contribution in [2.75, 3.05) is 11.1 Å². The van der Waals surface area contributed by atoms with Crippen LogP contribution in [-0.4, -0.2) is 26.4 Å². The van der Waals surface area contributed by atoms with E-state index in [0.29, 0.717) is 21.8 Å². The van der Waals surface area contributed by atoms with Crippen molar-refractivity contribution < 1.29 is 9.53 Å². The highest BCUT2D eigenvalue weighted by molar-refractivity contribution is 14.1. The summed E-state index contributed by atoms with van der Waals surface area (Å²) in [5.41, 5.74) is 2.95. The van der Waals surface area contributed by atoms with E-state index in [0.717, 1.165) is 20.4 Å². The minimum absolute atomic E-state index is 0.0858. The molecule has 0 aliphatic heterocycles. The molecule has 0 aliphatic carbocycles. The molecule has 0 radical (unpaired) electrons. The van der Waals surface area contributed by atoms with E-state index in [9.17, 15) is 4.79 Å². The van der Waals surface area contributed by atoms with Crippen LogP contribution in [0.1, 0.15) is 30.0 Å². The van der Waals surface area contributed by atoms with Crippen molar-refractivity contribution in [3.8, 4) is 5.75 Å². The van der Waals surface area contributed by atoms with Crippen LogP contribution in [-0.2, 0) is 11.8 Å². The number of benzene rings is 2. The molecule has 1 heterocycles. The van der Waals surface area contributed by atoms with Gasteiger partial charge in [0.25, 0.3) is 0 Å². The van der Waals surface area contributed by atoms with Crippen molar-refractivity contribution in [1.82, 2.24) is 14.8 Å². The van der Waals surface area contributed by atoms with Crippen LogP contribution in [0.15, 0.2) is 41.6 Å². The number of hydrogen-bond acceptors (Lipinski definition) is 5.